The zero-order valence-electron chi connectivity index (χ0n) is 19.9. The van der Waals surface area contributed by atoms with E-state index in [4.69, 9.17) is 8.92 Å². The number of aliphatic hydroxyl groups is 1. The first-order valence-electron chi connectivity index (χ1n) is 11.4. The Balaban J connectivity index is 1.48. The van der Waals surface area contributed by atoms with Gasteiger partial charge in [0.1, 0.15) is 12.2 Å². The molecule has 0 unspecified atom stereocenters. The molecule has 0 fully saturated rings. The third kappa shape index (κ3) is 5.31. The van der Waals surface area contributed by atoms with Crippen LogP contribution >= 0.6 is 0 Å². The second-order valence-electron chi connectivity index (χ2n) is 8.71. The molecule has 3 aromatic rings. The number of ether oxygens (including phenoxy) is 1. The van der Waals surface area contributed by atoms with E-state index in [0.29, 0.717) is 16.8 Å². The fraction of sp³-hybridized carbons (Fsp3) is 0.296. The molecule has 35 heavy (non-hydrogen) atoms. The summed E-state index contributed by atoms with van der Waals surface area (Å²) in [5.74, 6) is -0.213. The molecule has 0 aliphatic carbocycles. The van der Waals surface area contributed by atoms with Gasteiger partial charge in [-0.15, -0.1) is 0 Å². The van der Waals surface area contributed by atoms with E-state index in [1.54, 1.807) is 42.2 Å². The van der Waals surface area contributed by atoms with Crippen LogP contribution in [0.25, 0.3) is 0 Å². The summed E-state index contributed by atoms with van der Waals surface area (Å²) in [7, 11) is -3.91. The van der Waals surface area contributed by atoms with E-state index in [1.807, 2.05) is 44.2 Å². The van der Waals surface area contributed by atoms with Gasteiger partial charge < -0.3 is 14.7 Å². The van der Waals surface area contributed by atoms with Crippen molar-refractivity contribution in [1.29, 1.82) is 0 Å². The van der Waals surface area contributed by atoms with Gasteiger partial charge in [0.25, 0.3) is 16.0 Å². The van der Waals surface area contributed by atoms with E-state index < -0.39 is 28.4 Å². The van der Waals surface area contributed by atoms with E-state index in [2.05, 4.69) is 0 Å². The molecule has 0 spiro atoms. The van der Waals surface area contributed by atoms with Gasteiger partial charge in [-0.1, -0.05) is 53.6 Å². The van der Waals surface area contributed by atoms with Gasteiger partial charge in [-0.3, -0.25) is 8.98 Å². The molecule has 1 amide bonds. The monoisotopic (exact) mass is 495 g/mol. The summed E-state index contributed by atoms with van der Waals surface area (Å²) in [6.45, 7) is 5.33. The average molecular weight is 496 g/mol. The van der Waals surface area contributed by atoms with Crippen LogP contribution in [0.5, 0.6) is 0 Å². The number of benzene rings is 3. The molecule has 1 heterocycles. The molecule has 8 heteroatoms. The molecule has 184 valence electrons. The van der Waals surface area contributed by atoms with Crippen molar-refractivity contribution in [2.24, 2.45) is 0 Å². The van der Waals surface area contributed by atoms with Crippen LogP contribution in [0.4, 0.5) is 5.69 Å². The maximum atomic E-state index is 13.4. The number of carbonyl (C=O) groups is 1. The van der Waals surface area contributed by atoms with Crippen LogP contribution in [0.1, 0.15) is 40.1 Å². The Kier molecular flexibility index (Phi) is 7.37. The summed E-state index contributed by atoms with van der Waals surface area (Å²) in [6, 6.07) is 20.4. The lowest BCUT2D eigenvalue weighted by atomic mass is 9.90. The van der Waals surface area contributed by atoms with Crippen LogP contribution in [0.3, 0.4) is 0 Å². The van der Waals surface area contributed by atoms with E-state index in [-0.39, 0.29) is 24.0 Å². The highest BCUT2D eigenvalue weighted by Gasteiger charge is 2.41. The minimum absolute atomic E-state index is 0.0558. The lowest BCUT2D eigenvalue weighted by molar-refractivity contribution is -0.0584. The SMILES string of the molecule is Cc1ccc(C(=O)N2c3ccccc3[C@H](OCCOS(=O)(=O)c3ccc(C)cc3)[C@@H](O)[C@@H]2C)cc1. The van der Waals surface area contributed by atoms with Gasteiger partial charge in [-0.05, 0) is 51.1 Å². The van der Waals surface area contributed by atoms with Crippen LogP contribution in [0.2, 0.25) is 0 Å². The molecule has 0 saturated heterocycles. The largest absolute Gasteiger partial charge is 0.388 e. The van der Waals surface area contributed by atoms with Crippen molar-refractivity contribution in [1.82, 2.24) is 0 Å². The highest BCUT2D eigenvalue weighted by atomic mass is 32.2. The zero-order valence-corrected chi connectivity index (χ0v) is 20.7. The highest BCUT2D eigenvalue weighted by molar-refractivity contribution is 7.86. The number of aliphatic hydroxyl groups excluding tert-OH is 1. The molecule has 0 aromatic heterocycles. The standard InChI is InChI=1S/C27H29NO6S/c1-18-8-12-21(13-9-18)27(30)28-20(3)25(29)26(23-6-4-5-7-24(23)28)33-16-17-34-35(31,32)22-14-10-19(2)11-15-22/h4-15,20,25-26,29H,16-17H2,1-3H3/t20-,25-,26-/m0/s1. The maximum absolute atomic E-state index is 13.4. The van der Waals surface area contributed by atoms with E-state index >= 15 is 0 Å². The minimum Gasteiger partial charge on any atom is -0.388 e. The van der Waals surface area contributed by atoms with Crippen LogP contribution in [-0.4, -0.2) is 44.8 Å². The lowest BCUT2D eigenvalue weighted by Gasteiger charge is -2.42. The number of amides is 1. The summed E-state index contributed by atoms with van der Waals surface area (Å²) < 4.78 is 35.9. The fourth-order valence-corrected chi connectivity index (χ4v) is 5.06. The van der Waals surface area contributed by atoms with Crippen molar-refractivity contribution in [3.05, 3.63) is 95.1 Å². The predicted octanol–water partition coefficient (Wildman–Crippen LogP) is 4.18. The van der Waals surface area contributed by atoms with Crippen molar-refractivity contribution in [2.75, 3.05) is 18.1 Å². The molecule has 3 atom stereocenters. The Morgan fingerprint density at radius 1 is 0.914 bits per heavy atom. The number of carbonyl (C=O) groups excluding carboxylic acids is 1. The smallest absolute Gasteiger partial charge is 0.297 e. The molecule has 1 N–H and O–H groups in total. The summed E-state index contributed by atoms with van der Waals surface area (Å²) in [5, 5.41) is 11.1. The Labute approximate surface area is 206 Å². The van der Waals surface area contributed by atoms with E-state index in [0.717, 1.165) is 11.1 Å². The van der Waals surface area contributed by atoms with Crippen LogP contribution in [0, 0.1) is 13.8 Å². The Morgan fingerprint density at radius 2 is 1.51 bits per heavy atom. The molecule has 0 saturated carbocycles. The van der Waals surface area contributed by atoms with Crippen molar-refractivity contribution in [2.45, 2.75) is 43.9 Å². The quantitative estimate of drug-likeness (QED) is 0.391. The normalized spacial score (nSPS) is 19.9. The molecular weight excluding hydrogens is 466 g/mol. The van der Waals surface area contributed by atoms with E-state index in [9.17, 15) is 18.3 Å². The maximum Gasteiger partial charge on any atom is 0.297 e. The van der Waals surface area contributed by atoms with Gasteiger partial charge in [-0.2, -0.15) is 8.42 Å². The molecule has 7 nitrogen and oxygen atoms in total. The number of para-hydroxylation sites is 1. The topological polar surface area (TPSA) is 93.1 Å². The minimum atomic E-state index is -3.91. The molecule has 0 radical (unpaired) electrons. The molecule has 1 aliphatic heterocycles. The third-order valence-corrected chi connectivity index (χ3v) is 7.49. The van der Waals surface area contributed by atoms with Gasteiger partial charge in [0.2, 0.25) is 0 Å². The summed E-state index contributed by atoms with van der Waals surface area (Å²) in [4.78, 5) is 15.0. The number of nitrogens with zero attached hydrogens (tertiary/aromatic N) is 1. The first-order valence-corrected chi connectivity index (χ1v) is 12.8. The number of rotatable bonds is 7. The molecule has 1 aliphatic rings. The molecular formula is C27H29NO6S. The molecule has 4 rings (SSSR count). The van der Waals surface area contributed by atoms with Crippen LogP contribution in [-0.2, 0) is 19.0 Å². The molecule has 3 aromatic carbocycles. The number of fused-ring (bicyclic) bond motifs is 1. The highest BCUT2D eigenvalue weighted by Crippen LogP contribution is 2.40. The zero-order chi connectivity index (χ0) is 25.2. The van der Waals surface area contributed by atoms with Gasteiger partial charge >= 0.3 is 0 Å². The predicted molar refractivity (Wildman–Crippen MR) is 133 cm³/mol. The average Bonchev–Trinajstić information content (AvgIpc) is 2.84. The second kappa shape index (κ2) is 10.3. The fourth-order valence-electron chi connectivity index (χ4n) is 4.17. The van der Waals surface area contributed by atoms with Crippen molar-refractivity contribution < 1.29 is 27.2 Å². The van der Waals surface area contributed by atoms with Gasteiger partial charge in [0.15, 0.2) is 0 Å². The third-order valence-electron chi connectivity index (χ3n) is 6.16. The summed E-state index contributed by atoms with van der Waals surface area (Å²) >= 11 is 0. The Hall–Kier alpha value is -3.04. The number of hydrogen-bond donors (Lipinski definition) is 1. The van der Waals surface area contributed by atoms with Gasteiger partial charge in [0, 0.05) is 11.1 Å². The second-order valence-corrected chi connectivity index (χ2v) is 10.3. The first-order chi connectivity index (χ1) is 16.7. The summed E-state index contributed by atoms with van der Waals surface area (Å²) in [5.41, 5.74) is 3.82. The van der Waals surface area contributed by atoms with Crippen LogP contribution in [0.15, 0.2) is 77.7 Å². The Morgan fingerprint density at radius 3 is 2.17 bits per heavy atom. The first kappa shape index (κ1) is 25.1. The number of aryl methyl sites for hydroxylation is 2. The van der Waals surface area contributed by atoms with Gasteiger partial charge in [-0.25, -0.2) is 0 Å². The van der Waals surface area contributed by atoms with Crippen molar-refractivity contribution in [3.8, 4) is 0 Å². The number of hydrogen-bond acceptors (Lipinski definition) is 6. The summed E-state index contributed by atoms with van der Waals surface area (Å²) in [6.07, 6.45) is -1.76. The van der Waals surface area contributed by atoms with E-state index in [1.165, 1.54) is 12.1 Å². The van der Waals surface area contributed by atoms with Crippen molar-refractivity contribution in [3.63, 3.8) is 0 Å². The lowest BCUT2D eigenvalue weighted by Crippen LogP contribution is -2.52. The van der Waals surface area contributed by atoms with Crippen molar-refractivity contribution >= 4 is 21.7 Å². The van der Waals surface area contributed by atoms with Crippen LogP contribution < -0.4 is 4.90 Å². The Bertz CT molecular complexity index is 1290. The number of anilines is 1. The molecule has 0 bridgehead atoms. The van der Waals surface area contributed by atoms with Gasteiger partial charge in [0.05, 0.1) is 29.8 Å².